The van der Waals surface area contributed by atoms with Gasteiger partial charge in [0.25, 0.3) is 6.43 Å². The molecule has 0 bridgehead atoms. The maximum absolute atomic E-state index is 12.3. The molecule has 1 aromatic rings. The van der Waals surface area contributed by atoms with Crippen LogP contribution in [0.15, 0.2) is 6.07 Å². The molecule has 0 aliphatic carbocycles. The van der Waals surface area contributed by atoms with Gasteiger partial charge in [-0.25, -0.2) is 13.8 Å². The van der Waals surface area contributed by atoms with Crippen molar-refractivity contribution in [2.75, 3.05) is 0 Å². The number of aryl methyl sites for hydroxylation is 1. The minimum absolute atomic E-state index is 0.0353. The predicted molar refractivity (Wildman–Crippen MR) is 51.6 cm³/mol. The first-order chi connectivity index (χ1) is 6.73. The van der Waals surface area contributed by atoms with E-state index in [0.29, 0.717) is 0 Å². The highest BCUT2D eigenvalue weighted by atomic mass is 127. The zero-order chi connectivity index (χ0) is 11.8. The van der Waals surface area contributed by atoms with Crippen LogP contribution in [0.5, 0.6) is 0 Å². The van der Waals surface area contributed by atoms with Crippen molar-refractivity contribution in [2.45, 2.75) is 19.5 Å². The molecule has 0 aliphatic heterocycles. The quantitative estimate of drug-likeness (QED) is 0.559. The first-order valence-corrected chi connectivity index (χ1v) is 4.83. The van der Waals surface area contributed by atoms with Crippen LogP contribution in [0.2, 0.25) is 0 Å². The average molecular weight is 337 g/mol. The summed E-state index contributed by atoms with van der Waals surface area (Å²) in [4.78, 5) is 2.96. The minimum atomic E-state index is -4.70. The van der Waals surface area contributed by atoms with Crippen molar-refractivity contribution in [1.29, 1.82) is 0 Å². The van der Waals surface area contributed by atoms with Gasteiger partial charge >= 0.3 is 6.18 Å². The lowest BCUT2D eigenvalue weighted by molar-refractivity contribution is -0.141. The molecule has 0 N–H and O–H groups in total. The maximum atomic E-state index is 12.3. The second kappa shape index (κ2) is 4.18. The molecule has 0 fully saturated rings. The predicted octanol–water partition coefficient (Wildman–Crippen LogP) is 3.95. The second-order valence-electron chi connectivity index (χ2n) is 2.82. The fourth-order valence-electron chi connectivity index (χ4n) is 1.03. The molecule has 0 spiro atoms. The van der Waals surface area contributed by atoms with Gasteiger partial charge in [0, 0.05) is 3.57 Å². The van der Waals surface area contributed by atoms with Gasteiger partial charge in [0.05, 0.1) is 0 Å². The summed E-state index contributed by atoms with van der Waals surface area (Å²) in [5, 5.41) is 0. The fraction of sp³-hybridized carbons (Fsp3) is 0.375. The summed E-state index contributed by atoms with van der Waals surface area (Å²) in [5.74, 6) is 0. The molecule has 1 nitrogen and oxygen atoms in total. The highest BCUT2D eigenvalue weighted by molar-refractivity contribution is 14.1. The fourth-order valence-corrected chi connectivity index (χ4v) is 1.86. The van der Waals surface area contributed by atoms with Crippen molar-refractivity contribution in [3.8, 4) is 0 Å². The van der Waals surface area contributed by atoms with Crippen molar-refractivity contribution >= 4 is 22.6 Å². The van der Waals surface area contributed by atoms with Gasteiger partial charge in [0.1, 0.15) is 11.4 Å². The molecule has 1 rings (SSSR count). The highest BCUT2D eigenvalue weighted by Gasteiger charge is 2.35. The smallest absolute Gasteiger partial charge is 0.241 e. The van der Waals surface area contributed by atoms with E-state index in [1.165, 1.54) is 29.5 Å². The zero-order valence-corrected chi connectivity index (χ0v) is 9.53. The first-order valence-electron chi connectivity index (χ1n) is 3.76. The van der Waals surface area contributed by atoms with E-state index in [1.807, 2.05) is 0 Å². The van der Waals surface area contributed by atoms with Crippen LogP contribution in [0.4, 0.5) is 22.0 Å². The molecule has 1 heterocycles. The van der Waals surface area contributed by atoms with Crippen LogP contribution in [0.1, 0.15) is 23.4 Å². The number of hydrogen-bond acceptors (Lipinski definition) is 1. The molecular formula is C8H5F5IN. The van der Waals surface area contributed by atoms with E-state index >= 15 is 0 Å². The number of pyridine rings is 1. The molecule has 0 unspecified atom stereocenters. The van der Waals surface area contributed by atoms with Gasteiger partial charge in [-0.2, -0.15) is 13.2 Å². The first kappa shape index (κ1) is 12.6. The number of halogens is 6. The zero-order valence-electron chi connectivity index (χ0n) is 7.37. The monoisotopic (exact) mass is 337 g/mol. The van der Waals surface area contributed by atoms with Crippen molar-refractivity contribution in [1.82, 2.24) is 4.98 Å². The Morgan fingerprint density at radius 2 is 1.87 bits per heavy atom. The van der Waals surface area contributed by atoms with Crippen LogP contribution in [0.25, 0.3) is 0 Å². The molecule has 0 saturated carbocycles. The van der Waals surface area contributed by atoms with Gasteiger partial charge in [-0.1, -0.05) is 0 Å². The Kier molecular flexibility index (Phi) is 3.51. The van der Waals surface area contributed by atoms with Crippen LogP contribution in [-0.4, -0.2) is 4.98 Å². The van der Waals surface area contributed by atoms with E-state index in [4.69, 9.17) is 0 Å². The summed E-state index contributed by atoms with van der Waals surface area (Å²) in [6.07, 6.45) is -7.70. The summed E-state index contributed by atoms with van der Waals surface area (Å²) in [6.45, 7) is 1.19. The summed E-state index contributed by atoms with van der Waals surface area (Å²) in [6, 6.07) is 1.05. The minimum Gasteiger partial charge on any atom is -0.241 e. The van der Waals surface area contributed by atoms with Gasteiger partial charge < -0.3 is 0 Å². The Balaban J connectivity index is 3.37. The van der Waals surface area contributed by atoms with Gasteiger partial charge in [-0.05, 0) is 41.1 Å². The largest absolute Gasteiger partial charge is 0.433 e. The molecule has 0 atom stereocenters. The lowest BCUT2D eigenvalue weighted by Crippen LogP contribution is -2.13. The molecular weight excluding hydrogens is 332 g/mol. The normalized spacial score (nSPS) is 12.3. The van der Waals surface area contributed by atoms with Gasteiger partial charge in [0.15, 0.2) is 0 Å². The third kappa shape index (κ3) is 2.76. The van der Waals surface area contributed by atoms with E-state index in [2.05, 4.69) is 4.98 Å². The topological polar surface area (TPSA) is 12.9 Å². The second-order valence-corrected chi connectivity index (χ2v) is 3.98. The third-order valence-corrected chi connectivity index (χ3v) is 2.53. The van der Waals surface area contributed by atoms with E-state index < -0.39 is 24.0 Å². The molecule has 0 aromatic carbocycles. The van der Waals surface area contributed by atoms with E-state index in [-0.39, 0.29) is 9.13 Å². The lowest BCUT2D eigenvalue weighted by Gasteiger charge is -2.12. The van der Waals surface area contributed by atoms with Gasteiger partial charge in [-0.3, -0.25) is 0 Å². The van der Waals surface area contributed by atoms with Crippen molar-refractivity contribution in [2.24, 2.45) is 0 Å². The highest BCUT2D eigenvalue weighted by Crippen LogP contribution is 2.33. The van der Waals surface area contributed by atoms with E-state index in [1.54, 1.807) is 0 Å². The molecule has 15 heavy (non-hydrogen) atoms. The van der Waals surface area contributed by atoms with Crippen LogP contribution >= 0.6 is 22.6 Å². The number of hydrogen-bond donors (Lipinski definition) is 0. The molecule has 0 radical (unpaired) electrons. The van der Waals surface area contributed by atoms with Crippen LogP contribution < -0.4 is 0 Å². The summed E-state index contributed by atoms with van der Waals surface area (Å²) in [5.41, 5.74) is -2.23. The molecule has 0 amide bonds. The molecule has 0 saturated heterocycles. The van der Waals surface area contributed by atoms with Crippen molar-refractivity contribution in [3.63, 3.8) is 0 Å². The molecule has 0 aliphatic rings. The van der Waals surface area contributed by atoms with Gasteiger partial charge in [0.2, 0.25) is 0 Å². The number of aromatic nitrogens is 1. The van der Waals surface area contributed by atoms with Crippen LogP contribution in [-0.2, 0) is 6.18 Å². The molecule has 84 valence electrons. The van der Waals surface area contributed by atoms with Crippen LogP contribution in [0, 0.1) is 10.5 Å². The Bertz CT molecular complexity index is 374. The summed E-state index contributed by atoms with van der Waals surface area (Å²) >= 11 is 1.54. The van der Waals surface area contributed by atoms with E-state index in [0.717, 1.165) is 6.07 Å². The Hall–Kier alpha value is -0.470. The van der Waals surface area contributed by atoms with Crippen molar-refractivity contribution in [3.05, 3.63) is 26.6 Å². The SMILES string of the molecule is Cc1cc(I)c(C(F)F)nc1C(F)(F)F. The molecule has 7 heteroatoms. The van der Waals surface area contributed by atoms with Gasteiger partial charge in [-0.15, -0.1) is 0 Å². The average Bonchev–Trinajstić information content (AvgIpc) is 2.00. The lowest BCUT2D eigenvalue weighted by atomic mass is 10.2. The third-order valence-electron chi connectivity index (χ3n) is 1.67. The Morgan fingerprint density at radius 1 is 1.33 bits per heavy atom. The van der Waals surface area contributed by atoms with Crippen molar-refractivity contribution < 1.29 is 22.0 Å². The summed E-state index contributed by atoms with van der Waals surface area (Å²) in [7, 11) is 0. The Labute approximate surface area is 95.8 Å². The summed E-state index contributed by atoms with van der Waals surface area (Å²) < 4.78 is 61.6. The number of rotatable bonds is 1. The molecule has 1 aromatic heterocycles. The number of nitrogens with zero attached hydrogens (tertiary/aromatic N) is 1. The van der Waals surface area contributed by atoms with Crippen LogP contribution in [0.3, 0.4) is 0 Å². The van der Waals surface area contributed by atoms with E-state index in [9.17, 15) is 22.0 Å². The maximum Gasteiger partial charge on any atom is 0.433 e. The number of alkyl halides is 5. The standard InChI is InChI=1S/C8H5F5IN/c1-3-2-4(14)5(7(9)10)15-6(3)8(11,12)13/h2,7H,1H3. The Morgan fingerprint density at radius 3 is 2.27 bits per heavy atom.